The molecular weight excluding hydrogens is 352 g/mol. The maximum absolute atomic E-state index is 5.94. The highest BCUT2D eigenvalue weighted by atomic mass is 16.6. The minimum absolute atomic E-state index is 0.0891. The molecule has 0 bridgehead atoms. The van der Waals surface area contributed by atoms with Crippen molar-refractivity contribution in [2.45, 2.75) is 63.9 Å². The first kappa shape index (κ1) is 19.3. The largest absolute Gasteiger partial charge is 0.490 e. The second-order valence-electron chi connectivity index (χ2n) is 7.98. The van der Waals surface area contributed by atoms with Crippen LogP contribution in [0.25, 0.3) is 11.1 Å². The van der Waals surface area contributed by atoms with Crippen LogP contribution < -0.4 is 9.47 Å². The molecule has 2 aromatic rings. The van der Waals surface area contributed by atoms with Gasteiger partial charge in [0.25, 0.3) is 0 Å². The Bertz CT molecular complexity index is 723. The van der Waals surface area contributed by atoms with Gasteiger partial charge in [0.2, 0.25) is 0 Å². The van der Waals surface area contributed by atoms with Gasteiger partial charge in [-0.2, -0.15) is 0 Å². The van der Waals surface area contributed by atoms with E-state index in [4.69, 9.17) is 18.9 Å². The maximum Gasteiger partial charge on any atom is 0.128 e. The molecule has 2 saturated heterocycles. The predicted octanol–water partition coefficient (Wildman–Crippen LogP) is 5.25. The minimum Gasteiger partial charge on any atom is -0.490 e. The summed E-state index contributed by atoms with van der Waals surface area (Å²) in [6.07, 6.45) is 2.54. The normalized spacial score (nSPS) is 30.7. The van der Waals surface area contributed by atoms with Crippen LogP contribution >= 0.6 is 0 Å². The summed E-state index contributed by atoms with van der Waals surface area (Å²) in [5.74, 6) is 1.75. The molecule has 4 atom stereocenters. The van der Waals surface area contributed by atoms with Crippen molar-refractivity contribution in [2.75, 3.05) is 13.2 Å². The van der Waals surface area contributed by atoms with Crippen molar-refractivity contribution in [2.24, 2.45) is 0 Å². The van der Waals surface area contributed by atoms with Gasteiger partial charge in [-0.1, -0.05) is 38.1 Å². The minimum atomic E-state index is -0.0891. The first-order chi connectivity index (χ1) is 13.5. The third kappa shape index (κ3) is 3.76. The van der Waals surface area contributed by atoms with Crippen LogP contribution in [0.15, 0.2) is 48.5 Å². The van der Waals surface area contributed by atoms with Gasteiger partial charge in [-0.05, 0) is 62.1 Å². The smallest absolute Gasteiger partial charge is 0.128 e. The molecule has 0 radical (unpaired) electrons. The zero-order valence-electron chi connectivity index (χ0n) is 17.2. The fourth-order valence-corrected chi connectivity index (χ4v) is 3.78. The standard InChI is InChI=1S/C24H30O4/c1-5-23(17(3)27-23)15-25-21-11-7-19(8-12-21)20-9-13-22(14-10-20)26-16-24(6-2)18(4)28-24/h7-14,17-18H,5-6,15-16H2,1-4H3. The van der Waals surface area contributed by atoms with E-state index in [1.165, 1.54) is 0 Å². The van der Waals surface area contributed by atoms with E-state index in [1.807, 2.05) is 24.3 Å². The van der Waals surface area contributed by atoms with Crippen LogP contribution in [0.2, 0.25) is 0 Å². The number of epoxide rings is 2. The number of ether oxygens (including phenoxy) is 4. The summed E-state index contributed by atoms with van der Waals surface area (Å²) < 4.78 is 23.3. The first-order valence-electron chi connectivity index (χ1n) is 10.3. The van der Waals surface area contributed by atoms with Crippen molar-refractivity contribution in [3.8, 4) is 22.6 Å². The monoisotopic (exact) mass is 382 g/mol. The van der Waals surface area contributed by atoms with Gasteiger partial charge >= 0.3 is 0 Å². The average Bonchev–Trinajstić information content (AvgIpc) is 3.60. The van der Waals surface area contributed by atoms with E-state index in [2.05, 4.69) is 52.0 Å². The van der Waals surface area contributed by atoms with E-state index in [-0.39, 0.29) is 11.2 Å². The number of hydrogen-bond acceptors (Lipinski definition) is 4. The summed E-state index contributed by atoms with van der Waals surface area (Å²) >= 11 is 0. The Kier molecular flexibility index (Phi) is 5.11. The van der Waals surface area contributed by atoms with E-state index >= 15 is 0 Å². The Morgan fingerprint density at radius 1 is 0.679 bits per heavy atom. The van der Waals surface area contributed by atoms with Gasteiger partial charge in [0.05, 0.1) is 12.2 Å². The van der Waals surface area contributed by atoms with Gasteiger partial charge in [0, 0.05) is 0 Å². The summed E-state index contributed by atoms with van der Waals surface area (Å²) in [7, 11) is 0. The quantitative estimate of drug-likeness (QED) is 0.556. The molecule has 0 aromatic heterocycles. The van der Waals surface area contributed by atoms with E-state index in [9.17, 15) is 0 Å². The van der Waals surface area contributed by atoms with Gasteiger partial charge in [0.15, 0.2) is 0 Å². The molecule has 4 unspecified atom stereocenters. The third-order valence-electron chi connectivity index (χ3n) is 6.40. The van der Waals surface area contributed by atoms with Crippen molar-refractivity contribution in [1.82, 2.24) is 0 Å². The van der Waals surface area contributed by atoms with Crippen LogP contribution in [-0.2, 0) is 9.47 Å². The second kappa shape index (κ2) is 7.41. The van der Waals surface area contributed by atoms with Gasteiger partial charge in [-0.3, -0.25) is 0 Å². The van der Waals surface area contributed by atoms with Gasteiger partial charge in [-0.15, -0.1) is 0 Å². The molecule has 0 spiro atoms. The predicted molar refractivity (Wildman–Crippen MR) is 110 cm³/mol. The molecule has 0 aliphatic carbocycles. The van der Waals surface area contributed by atoms with Gasteiger partial charge < -0.3 is 18.9 Å². The Morgan fingerprint density at radius 3 is 1.25 bits per heavy atom. The number of hydrogen-bond donors (Lipinski definition) is 0. The van der Waals surface area contributed by atoms with Crippen LogP contribution in [0.1, 0.15) is 40.5 Å². The van der Waals surface area contributed by atoms with Crippen molar-refractivity contribution in [3.63, 3.8) is 0 Å². The van der Waals surface area contributed by atoms with Crippen molar-refractivity contribution in [3.05, 3.63) is 48.5 Å². The molecule has 4 rings (SSSR count). The molecule has 4 heteroatoms. The zero-order valence-corrected chi connectivity index (χ0v) is 17.2. The Morgan fingerprint density at radius 2 is 1.00 bits per heavy atom. The number of benzene rings is 2. The summed E-state index contributed by atoms with van der Waals surface area (Å²) in [5, 5.41) is 0. The van der Waals surface area contributed by atoms with Crippen molar-refractivity contribution in [1.29, 1.82) is 0 Å². The lowest BCUT2D eigenvalue weighted by molar-refractivity contribution is 0.184. The molecule has 0 amide bonds. The molecule has 0 N–H and O–H groups in total. The van der Waals surface area contributed by atoms with Crippen LogP contribution in [0.3, 0.4) is 0 Å². The molecule has 150 valence electrons. The van der Waals surface area contributed by atoms with Gasteiger partial charge in [-0.25, -0.2) is 0 Å². The number of rotatable bonds is 9. The Hall–Kier alpha value is -2.04. The highest BCUT2D eigenvalue weighted by Gasteiger charge is 2.53. The second-order valence-corrected chi connectivity index (χ2v) is 7.98. The van der Waals surface area contributed by atoms with Gasteiger partial charge in [0.1, 0.15) is 35.9 Å². The molecule has 2 aliphatic heterocycles. The molecule has 28 heavy (non-hydrogen) atoms. The highest BCUT2D eigenvalue weighted by molar-refractivity contribution is 5.64. The molecule has 0 saturated carbocycles. The summed E-state index contributed by atoms with van der Waals surface area (Å²) in [6, 6.07) is 16.4. The summed E-state index contributed by atoms with van der Waals surface area (Å²) in [4.78, 5) is 0. The van der Waals surface area contributed by atoms with E-state index in [0.29, 0.717) is 25.4 Å². The molecule has 2 aliphatic rings. The molecule has 2 aromatic carbocycles. The maximum atomic E-state index is 5.94. The van der Waals surface area contributed by atoms with E-state index < -0.39 is 0 Å². The fraction of sp³-hybridized carbons (Fsp3) is 0.500. The van der Waals surface area contributed by atoms with Crippen LogP contribution in [-0.4, -0.2) is 36.6 Å². The zero-order chi connectivity index (χ0) is 19.8. The highest BCUT2D eigenvalue weighted by Crippen LogP contribution is 2.40. The lowest BCUT2D eigenvalue weighted by Crippen LogP contribution is -2.22. The SMILES string of the molecule is CCC1(COc2ccc(-c3ccc(OCC4(CC)OC4C)cc3)cc2)OC1C. The average molecular weight is 383 g/mol. The summed E-state index contributed by atoms with van der Waals surface area (Å²) in [5.41, 5.74) is 2.14. The van der Waals surface area contributed by atoms with E-state index in [0.717, 1.165) is 35.5 Å². The van der Waals surface area contributed by atoms with Crippen molar-refractivity contribution >= 4 is 0 Å². The fourth-order valence-electron chi connectivity index (χ4n) is 3.78. The molecular formula is C24H30O4. The van der Waals surface area contributed by atoms with Crippen LogP contribution in [0.5, 0.6) is 11.5 Å². The Balaban J connectivity index is 1.33. The lowest BCUT2D eigenvalue weighted by Gasteiger charge is -2.13. The van der Waals surface area contributed by atoms with E-state index in [1.54, 1.807) is 0 Å². The molecule has 4 nitrogen and oxygen atoms in total. The summed E-state index contributed by atoms with van der Waals surface area (Å²) in [6.45, 7) is 9.70. The molecule has 2 fully saturated rings. The third-order valence-corrected chi connectivity index (χ3v) is 6.40. The first-order valence-corrected chi connectivity index (χ1v) is 10.3. The lowest BCUT2D eigenvalue weighted by atomic mass is 10.0. The molecule has 2 heterocycles. The van der Waals surface area contributed by atoms with Crippen LogP contribution in [0.4, 0.5) is 0 Å². The van der Waals surface area contributed by atoms with Crippen molar-refractivity contribution < 1.29 is 18.9 Å². The topological polar surface area (TPSA) is 43.5 Å². The van der Waals surface area contributed by atoms with Crippen LogP contribution in [0, 0.1) is 0 Å². The Labute approximate surface area is 167 Å².